The van der Waals surface area contributed by atoms with E-state index < -0.39 is 0 Å². The lowest BCUT2D eigenvalue weighted by Crippen LogP contribution is -2.51. The summed E-state index contributed by atoms with van der Waals surface area (Å²) in [6, 6.07) is 0.803. The lowest BCUT2D eigenvalue weighted by atomic mass is 9.47. The van der Waals surface area contributed by atoms with Crippen molar-refractivity contribution in [3.05, 3.63) is 23.3 Å². The average molecular weight is 497 g/mol. The Labute approximate surface area is 225 Å². The lowest BCUT2D eigenvalue weighted by Gasteiger charge is -2.58. The second-order valence-corrected chi connectivity index (χ2v) is 14.9. The van der Waals surface area contributed by atoms with Gasteiger partial charge in [-0.25, -0.2) is 0 Å². The summed E-state index contributed by atoms with van der Waals surface area (Å²) >= 11 is 0. The number of hydrogen-bond donors (Lipinski definition) is 0. The van der Waals surface area contributed by atoms with Crippen molar-refractivity contribution < 1.29 is 0 Å². The van der Waals surface area contributed by atoms with Crippen LogP contribution < -0.4 is 0 Å². The Bertz CT molecular complexity index is 806. The van der Waals surface area contributed by atoms with E-state index in [-0.39, 0.29) is 0 Å². The summed E-state index contributed by atoms with van der Waals surface area (Å²) in [5.41, 5.74) is 4.71. The molecule has 0 heterocycles. The van der Waals surface area contributed by atoms with Crippen molar-refractivity contribution in [2.24, 2.45) is 46.3 Å². The molecule has 0 aliphatic heterocycles. The van der Waals surface area contributed by atoms with E-state index in [4.69, 9.17) is 0 Å². The van der Waals surface area contributed by atoms with Crippen LogP contribution in [0.1, 0.15) is 105 Å². The highest BCUT2D eigenvalue weighted by atomic mass is 15.1. The lowest BCUT2D eigenvalue weighted by molar-refractivity contribution is -0.0253. The van der Waals surface area contributed by atoms with E-state index in [0.29, 0.717) is 16.7 Å². The van der Waals surface area contributed by atoms with Gasteiger partial charge in [-0.05, 0) is 145 Å². The molecule has 2 nitrogen and oxygen atoms in total. The summed E-state index contributed by atoms with van der Waals surface area (Å²) in [7, 11) is 8.99. The van der Waals surface area contributed by atoms with Crippen LogP contribution in [0, 0.1) is 46.3 Å². The van der Waals surface area contributed by atoms with Crippen LogP contribution in [-0.2, 0) is 0 Å². The zero-order valence-corrected chi connectivity index (χ0v) is 25.6. The smallest absolute Gasteiger partial charge is 0.00923 e. The summed E-state index contributed by atoms with van der Waals surface area (Å²) in [6.45, 7) is 13.9. The molecule has 0 N–H and O–H groups in total. The number of allylic oxidation sites excluding steroid dienone is 3. The molecule has 0 saturated heterocycles. The van der Waals surface area contributed by atoms with E-state index in [1.54, 1.807) is 5.57 Å². The fraction of sp³-hybridized carbons (Fsp3) is 0.882. The highest BCUT2D eigenvalue weighted by Gasteiger charge is 2.58. The average Bonchev–Trinajstić information content (AvgIpc) is 3.17. The molecular weight excluding hydrogens is 436 g/mol. The van der Waals surface area contributed by atoms with Crippen LogP contribution in [0.3, 0.4) is 0 Å². The Kier molecular flexibility index (Phi) is 8.88. The maximum absolute atomic E-state index is 2.80. The molecule has 3 fully saturated rings. The van der Waals surface area contributed by atoms with Crippen molar-refractivity contribution in [3.8, 4) is 0 Å². The van der Waals surface area contributed by atoms with Crippen LogP contribution in [0.2, 0.25) is 0 Å². The van der Waals surface area contributed by atoms with Gasteiger partial charge < -0.3 is 9.80 Å². The van der Waals surface area contributed by atoms with Gasteiger partial charge in [-0.3, -0.25) is 0 Å². The van der Waals surface area contributed by atoms with Gasteiger partial charge in [0.25, 0.3) is 0 Å². The zero-order valence-electron chi connectivity index (χ0n) is 25.6. The van der Waals surface area contributed by atoms with Gasteiger partial charge in [0.05, 0.1) is 0 Å². The quantitative estimate of drug-likeness (QED) is 0.295. The standard InChI is InChI=1S/C34H60N2/c1-24(2)26(19-22-35(6)7)12-10-11-25(3)30-15-16-31-29-14-13-27-23-28(36(8)9)17-20-33(27,4)32(29)18-21-34(30,31)5/h12,14,24-25,27-28,30-32H,10-11,13,15-23H2,1-9H3/b26-12+/t25-,27+,28-,30-,31+,32+,33+,34-/m1/s1. The second-order valence-electron chi connectivity index (χ2n) is 14.9. The minimum Gasteiger partial charge on any atom is -0.309 e. The monoisotopic (exact) mass is 496 g/mol. The third kappa shape index (κ3) is 5.42. The minimum atomic E-state index is 0.543. The Morgan fingerprint density at radius 1 is 0.972 bits per heavy atom. The molecule has 0 aromatic rings. The van der Waals surface area contributed by atoms with Gasteiger partial charge in [-0.2, -0.15) is 0 Å². The van der Waals surface area contributed by atoms with Gasteiger partial charge in [0.1, 0.15) is 0 Å². The van der Waals surface area contributed by atoms with Gasteiger partial charge in [-0.1, -0.05) is 57.9 Å². The summed E-state index contributed by atoms with van der Waals surface area (Å²) in [6.07, 6.45) is 20.8. The highest BCUT2D eigenvalue weighted by molar-refractivity contribution is 5.28. The molecule has 8 atom stereocenters. The molecule has 4 aliphatic rings. The molecule has 0 spiro atoms. The summed E-state index contributed by atoms with van der Waals surface area (Å²) < 4.78 is 0. The summed E-state index contributed by atoms with van der Waals surface area (Å²) in [5.74, 6) is 5.09. The Balaban J connectivity index is 1.42. The van der Waals surface area contributed by atoms with Crippen molar-refractivity contribution >= 4 is 0 Å². The molecule has 0 unspecified atom stereocenters. The normalized spacial score (nSPS) is 39.7. The van der Waals surface area contributed by atoms with E-state index in [0.717, 1.165) is 35.6 Å². The molecule has 0 amide bonds. The van der Waals surface area contributed by atoms with E-state index in [9.17, 15) is 0 Å². The topological polar surface area (TPSA) is 6.48 Å². The van der Waals surface area contributed by atoms with Gasteiger partial charge in [0, 0.05) is 12.6 Å². The summed E-state index contributed by atoms with van der Waals surface area (Å²) in [5, 5.41) is 0. The molecule has 0 radical (unpaired) electrons. The number of rotatable bonds is 9. The largest absolute Gasteiger partial charge is 0.309 e. The van der Waals surface area contributed by atoms with Gasteiger partial charge in [-0.15, -0.1) is 0 Å². The Morgan fingerprint density at radius 3 is 2.33 bits per heavy atom. The van der Waals surface area contributed by atoms with Crippen LogP contribution in [0.15, 0.2) is 23.3 Å². The predicted octanol–water partition coefficient (Wildman–Crippen LogP) is 8.45. The number of hydrogen-bond acceptors (Lipinski definition) is 2. The van der Waals surface area contributed by atoms with E-state index in [1.165, 1.54) is 77.2 Å². The summed E-state index contributed by atoms with van der Waals surface area (Å²) in [4.78, 5) is 4.83. The third-order valence-electron chi connectivity index (χ3n) is 12.2. The number of nitrogens with zero attached hydrogens (tertiary/aromatic N) is 2. The van der Waals surface area contributed by atoms with Crippen LogP contribution in [0.4, 0.5) is 0 Å². The molecule has 0 aromatic heterocycles. The first kappa shape index (κ1) is 28.4. The minimum absolute atomic E-state index is 0.543. The van der Waals surface area contributed by atoms with Gasteiger partial charge in [0.15, 0.2) is 0 Å². The molecular formula is C34H60N2. The molecule has 0 bridgehead atoms. The van der Waals surface area contributed by atoms with Crippen LogP contribution in [0.5, 0.6) is 0 Å². The van der Waals surface area contributed by atoms with Crippen LogP contribution in [0.25, 0.3) is 0 Å². The molecule has 4 aliphatic carbocycles. The molecule has 36 heavy (non-hydrogen) atoms. The molecule has 4 rings (SSSR count). The zero-order chi connectivity index (χ0) is 26.3. The van der Waals surface area contributed by atoms with Crippen LogP contribution >= 0.6 is 0 Å². The van der Waals surface area contributed by atoms with Crippen molar-refractivity contribution in [2.75, 3.05) is 34.7 Å². The molecule has 0 aromatic carbocycles. The molecule has 206 valence electrons. The SMILES string of the molecule is CC(C)/C(=C/CC[C@@H](C)[C@H]1CC[C@H]2C3=CC[C@H]4C[C@H](N(C)C)CC[C@]4(C)[C@H]3CC[C@]12C)CCN(C)C. The second kappa shape index (κ2) is 11.3. The first-order chi connectivity index (χ1) is 17.0. The number of fused-ring (bicyclic) bond motifs is 5. The van der Waals surface area contributed by atoms with E-state index in [2.05, 4.69) is 84.8 Å². The van der Waals surface area contributed by atoms with Gasteiger partial charge >= 0.3 is 0 Å². The maximum atomic E-state index is 2.80. The van der Waals surface area contributed by atoms with Gasteiger partial charge in [0.2, 0.25) is 0 Å². The fourth-order valence-electron chi connectivity index (χ4n) is 9.65. The highest BCUT2D eigenvalue weighted by Crippen LogP contribution is 2.67. The first-order valence-electron chi connectivity index (χ1n) is 15.7. The van der Waals surface area contributed by atoms with Crippen molar-refractivity contribution in [3.63, 3.8) is 0 Å². The molecule has 3 saturated carbocycles. The Morgan fingerprint density at radius 2 is 1.67 bits per heavy atom. The maximum Gasteiger partial charge on any atom is 0.00923 e. The van der Waals surface area contributed by atoms with E-state index >= 15 is 0 Å². The van der Waals surface area contributed by atoms with Crippen molar-refractivity contribution in [2.45, 2.75) is 111 Å². The Hall–Kier alpha value is -0.600. The van der Waals surface area contributed by atoms with Crippen molar-refractivity contribution in [1.82, 2.24) is 9.80 Å². The molecule has 2 heteroatoms. The first-order valence-corrected chi connectivity index (χ1v) is 15.7. The van der Waals surface area contributed by atoms with Crippen LogP contribution in [-0.4, -0.2) is 50.6 Å². The van der Waals surface area contributed by atoms with E-state index in [1.807, 2.05) is 5.57 Å². The predicted molar refractivity (Wildman–Crippen MR) is 157 cm³/mol. The fourth-order valence-corrected chi connectivity index (χ4v) is 9.65. The third-order valence-corrected chi connectivity index (χ3v) is 12.2. The van der Waals surface area contributed by atoms with Crippen molar-refractivity contribution in [1.29, 1.82) is 0 Å².